The van der Waals surface area contributed by atoms with Crippen LogP contribution in [0.4, 0.5) is 4.79 Å². The van der Waals surface area contributed by atoms with Crippen molar-refractivity contribution in [2.75, 3.05) is 0 Å². The van der Waals surface area contributed by atoms with Crippen molar-refractivity contribution >= 4 is 17.4 Å². The lowest BCUT2D eigenvalue weighted by Crippen LogP contribution is -2.49. The second-order valence-corrected chi connectivity index (χ2v) is 8.15. The monoisotopic (exact) mass is 341 g/mol. The summed E-state index contributed by atoms with van der Waals surface area (Å²) in [5, 5.41) is 0. The van der Waals surface area contributed by atoms with Crippen molar-refractivity contribution in [2.24, 2.45) is 5.92 Å². The molecule has 2 fully saturated rings. The summed E-state index contributed by atoms with van der Waals surface area (Å²) >= 11 is 0. The second-order valence-electron chi connectivity index (χ2n) is 8.15. The Morgan fingerprint density at radius 1 is 1.08 bits per heavy atom. The van der Waals surface area contributed by atoms with Crippen molar-refractivity contribution in [3.63, 3.8) is 0 Å². The van der Waals surface area contributed by atoms with Gasteiger partial charge in [0.15, 0.2) is 5.78 Å². The summed E-state index contributed by atoms with van der Waals surface area (Å²) in [6.45, 7) is 9.66. The number of ketones is 1. The summed E-state index contributed by atoms with van der Waals surface area (Å²) in [7, 11) is 0. The fourth-order valence-corrected chi connectivity index (χ4v) is 4.03. The summed E-state index contributed by atoms with van der Waals surface area (Å²) in [5.41, 5.74) is 0.968. The van der Waals surface area contributed by atoms with Crippen LogP contribution >= 0.6 is 0 Å². The first-order valence-electron chi connectivity index (χ1n) is 9.06. The molecule has 4 heteroatoms. The Hall–Kier alpha value is -2.10. The maximum Gasteiger partial charge on any atom is 0.410 e. The van der Waals surface area contributed by atoms with E-state index in [0.717, 1.165) is 18.4 Å². The SMILES string of the molecule is C=C(C(=O)C1CC2CCC(C1)N2C(=O)OC(C)(C)C)c1ccccc1. The van der Waals surface area contributed by atoms with Crippen molar-refractivity contribution in [2.45, 2.75) is 64.1 Å². The summed E-state index contributed by atoms with van der Waals surface area (Å²) in [4.78, 5) is 27.3. The van der Waals surface area contributed by atoms with Gasteiger partial charge in [-0.15, -0.1) is 0 Å². The highest BCUT2D eigenvalue weighted by Gasteiger charge is 2.46. The Morgan fingerprint density at radius 3 is 2.16 bits per heavy atom. The van der Waals surface area contributed by atoms with Crippen molar-refractivity contribution < 1.29 is 14.3 Å². The van der Waals surface area contributed by atoms with E-state index in [1.165, 1.54) is 0 Å². The zero-order chi connectivity index (χ0) is 18.2. The molecule has 2 unspecified atom stereocenters. The molecule has 1 amide bonds. The highest BCUT2D eigenvalue weighted by atomic mass is 16.6. The van der Waals surface area contributed by atoms with Crippen molar-refractivity contribution in [3.8, 4) is 0 Å². The number of nitrogens with zero attached hydrogens (tertiary/aromatic N) is 1. The number of rotatable bonds is 3. The number of amides is 1. The lowest BCUT2D eigenvalue weighted by molar-refractivity contribution is -0.119. The first kappa shape index (κ1) is 17.7. The average Bonchev–Trinajstić information content (AvgIpc) is 2.83. The van der Waals surface area contributed by atoms with Gasteiger partial charge in [0.2, 0.25) is 0 Å². The molecule has 2 heterocycles. The van der Waals surface area contributed by atoms with E-state index >= 15 is 0 Å². The number of ether oxygens (including phenoxy) is 1. The minimum absolute atomic E-state index is 0.0520. The van der Waals surface area contributed by atoms with Crippen LogP contribution in [0.2, 0.25) is 0 Å². The maximum atomic E-state index is 12.9. The molecule has 1 aromatic rings. The first-order chi connectivity index (χ1) is 11.8. The van der Waals surface area contributed by atoms with Gasteiger partial charge in [-0.1, -0.05) is 36.9 Å². The van der Waals surface area contributed by atoms with Gasteiger partial charge in [-0.25, -0.2) is 4.79 Å². The Bertz CT molecular complexity index is 660. The first-order valence-corrected chi connectivity index (χ1v) is 9.06. The molecule has 134 valence electrons. The standard InChI is InChI=1S/C21H27NO3/c1-14(15-8-6-5-7-9-15)19(23)16-12-17-10-11-18(13-16)22(17)20(24)25-21(2,3)4/h5-9,16-18H,1,10-13H2,2-4H3. The van der Waals surface area contributed by atoms with Crippen molar-refractivity contribution in [1.82, 2.24) is 4.90 Å². The van der Waals surface area contributed by atoms with Gasteiger partial charge in [0.05, 0.1) is 0 Å². The zero-order valence-corrected chi connectivity index (χ0v) is 15.3. The summed E-state index contributed by atoms with van der Waals surface area (Å²) < 4.78 is 5.56. The Morgan fingerprint density at radius 2 is 1.64 bits per heavy atom. The number of carbonyl (C=O) groups is 2. The molecule has 0 radical (unpaired) electrons. The largest absolute Gasteiger partial charge is 0.444 e. The summed E-state index contributed by atoms with van der Waals surface area (Å²) in [6, 6.07) is 9.82. The number of hydrogen-bond acceptors (Lipinski definition) is 3. The van der Waals surface area contributed by atoms with E-state index in [1.807, 2.05) is 56.0 Å². The van der Waals surface area contributed by atoms with Crippen LogP contribution in [-0.4, -0.2) is 34.5 Å². The third-order valence-corrected chi connectivity index (χ3v) is 5.13. The van der Waals surface area contributed by atoms with Crippen LogP contribution < -0.4 is 0 Å². The molecule has 4 nitrogen and oxygen atoms in total. The number of carbonyl (C=O) groups excluding carboxylic acids is 2. The second kappa shape index (κ2) is 6.66. The summed E-state index contributed by atoms with van der Waals surface area (Å²) in [6.07, 6.45) is 3.07. The van der Waals surface area contributed by atoms with Gasteiger partial charge in [-0.05, 0) is 52.0 Å². The quantitative estimate of drug-likeness (QED) is 0.763. The lowest BCUT2D eigenvalue weighted by atomic mass is 9.83. The molecule has 1 aromatic carbocycles. The topological polar surface area (TPSA) is 46.6 Å². The number of Topliss-reactive ketones (excluding diaryl/α,β-unsaturated/α-hetero) is 1. The van der Waals surface area contributed by atoms with Gasteiger partial charge < -0.3 is 9.64 Å². The van der Waals surface area contributed by atoms with E-state index in [2.05, 4.69) is 6.58 Å². The molecular formula is C21H27NO3. The number of piperidine rings is 1. The molecule has 2 saturated heterocycles. The van der Waals surface area contributed by atoms with E-state index in [1.54, 1.807) is 0 Å². The van der Waals surface area contributed by atoms with Gasteiger partial charge in [-0.2, -0.15) is 0 Å². The minimum atomic E-state index is -0.495. The number of fused-ring (bicyclic) bond motifs is 2. The third-order valence-electron chi connectivity index (χ3n) is 5.13. The van der Waals surface area contributed by atoms with Crippen LogP contribution in [0.3, 0.4) is 0 Å². The summed E-state index contributed by atoms with van der Waals surface area (Å²) in [5.74, 6) is 0.0656. The molecule has 3 rings (SSSR count). The van der Waals surface area contributed by atoms with Crippen LogP contribution in [0, 0.1) is 5.92 Å². The Kier molecular flexibility index (Phi) is 4.72. The van der Waals surface area contributed by atoms with E-state index in [-0.39, 0.29) is 29.9 Å². The lowest BCUT2D eigenvalue weighted by Gasteiger charge is -2.39. The van der Waals surface area contributed by atoms with E-state index in [4.69, 9.17) is 4.74 Å². The molecule has 2 atom stereocenters. The molecule has 0 spiro atoms. The highest BCUT2D eigenvalue weighted by Crippen LogP contribution is 2.41. The van der Waals surface area contributed by atoms with Crippen LogP contribution in [0.25, 0.3) is 5.57 Å². The predicted molar refractivity (Wildman–Crippen MR) is 98.1 cm³/mol. The molecule has 2 bridgehead atoms. The van der Waals surface area contributed by atoms with E-state index in [0.29, 0.717) is 18.4 Å². The van der Waals surface area contributed by atoms with Gasteiger partial charge in [-0.3, -0.25) is 4.79 Å². The molecule has 0 N–H and O–H groups in total. The predicted octanol–water partition coefficient (Wildman–Crippen LogP) is 4.45. The van der Waals surface area contributed by atoms with E-state index in [9.17, 15) is 9.59 Å². The molecule has 0 saturated carbocycles. The minimum Gasteiger partial charge on any atom is -0.444 e. The molecule has 0 aliphatic carbocycles. The van der Waals surface area contributed by atoms with Crippen molar-refractivity contribution in [1.29, 1.82) is 0 Å². The average molecular weight is 341 g/mol. The smallest absolute Gasteiger partial charge is 0.410 e. The van der Waals surface area contributed by atoms with Crippen LogP contribution in [0.15, 0.2) is 36.9 Å². The molecule has 0 aromatic heterocycles. The molecule has 2 aliphatic rings. The molecule has 2 aliphatic heterocycles. The highest BCUT2D eigenvalue weighted by molar-refractivity contribution is 6.21. The molecular weight excluding hydrogens is 314 g/mol. The Balaban J connectivity index is 1.68. The van der Waals surface area contributed by atoms with Crippen molar-refractivity contribution in [3.05, 3.63) is 42.5 Å². The zero-order valence-electron chi connectivity index (χ0n) is 15.3. The fraction of sp³-hybridized carbons (Fsp3) is 0.524. The van der Waals surface area contributed by atoms with E-state index < -0.39 is 5.60 Å². The van der Waals surface area contributed by atoms with Gasteiger partial charge >= 0.3 is 6.09 Å². The number of hydrogen-bond donors (Lipinski definition) is 0. The van der Waals surface area contributed by atoms with Gasteiger partial charge in [0, 0.05) is 23.6 Å². The number of benzene rings is 1. The maximum absolute atomic E-state index is 12.9. The normalized spacial score (nSPS) is 25.6. The van der Waals surface area contributed by atoms with Gasteiger partial charge in [0.1, 0.15) is 5.60 Å². The van der Waals surface area contributed by atoms with Crippen LogP contribution in [0.5, 0.6) is 0 Å². The van der Waals surface area contributed by atoms with Crippen LogP contribution in [-0.2, 0) is 9.53 Å². The van der Waals surface area contributed by atoms with Crippen LogP contribution in [0.1, 0.15) is 52.0 Å². The Labute approximate surface area is 149 Å². The van der Waals surface area contributed by atoms with Gasteiger partial charge in [0.25, 0.3) is 0 Å². The molecule has 25 heavy (non-hydrogen) atoms. The number of allylic oxidation sites excluding steroid dienone is 1. The fourth-order valence-electron chi connectivity index (χ4n) is 4.03. The third kappa shape index (κ3) is 3.78.